The van der Waals surface area contributed by atoms with Crippen molar-refractivity contribution < 1.29 is 9.90 Å². The lowest BCUT2D eigenvalue weighted by Gasteiger charge is -2.13. The zero-order valence-electron chi connectivity index (χ0n) is 11.5. The monoisotopic (exact) mass is 312 g/mol. The van der Waals surface area contributed by atoms with Crippen LogP contribution in [0, 0.1) is 5.92 Å². The topological polar surface area (TPSA) is 55.1 Å². The summed E-state index contributed by atoms with van der Waals surface area (Å²) in [6.07, 6.45) is 1.05. The van der Waals surface area contributed by atoms with Crippen LogP contribution in [-0.4, -0.2) is 26.4 Å². The van der Waals surface area contributed by atoms with Crippen LogP contribution in [0.4, 0.5) is 0 Å². The molecule has 0 aliphatic carbocycles. The van der Waals surface area contributed by atoms with Gasteiger partial charge in [0.2, 0.25) is 0 Å². The Kier molecular flexibility index (Phi) is 4.94. The molecule has 0 fully saturated rings. The molecule has 0 radical (unpaired) electrons. The summed E-state index contributed by atoms with van der Waals surface area (Å²) in [7, 11) is 0. The van der Waals surface area contributed by atoms with E-state index in [0.29, 0.717) is 10.9 Å². The average molecular weight is 313 g/mol. The van der Waals surface area contributed by atoms with E-state index in [2.05, 4.69) is 18.8 Å². The SMILES string of the molecule is CCC(C)Cn1c(SCC(=O)O)nc2cccc(Cl)c21. The number of hydrogen-bond donors (Lipinski definition) is 1. The Hall–Kier alpha value is -1.20. The van der Waals surface area contributed by atoms with Crippen molar-refractivity contribution in [2.45, 2.75) is 32.0 Å². The molecule has 0 saturated heterocycles. The van der Waals surface area contributed by atoms with E-state index < -0.39 is 5.97 Å². The summed E-state index contributed by atoms with van der Waals surface area (Å²) < 4.78 is 2.04. The highest BCUT2D eigenvalue weighted by Crippen LogP contribution is 2.30. The first-order valence-corrected chi connectivity index (χ1v) is 7.88. The van der Waals surface area contributed by atoms with E-state index in [9.17, 15) is 4.79 Å². The lowest BCUT2D eigenvalue weighted by molar-refractivity contribution is -0.133. The number of imidazole rings is 1. The van der Waals surface area contributed by atoms with Gasteiger partial charge in [0.25, 0.3) is 0 Å². The summed E-state index contributed by atoms with van der Waals surface area (Å²) in [5, 5.41) is 10.2. The fourth-order valence-electron chi connectivity index (χ4n) is 1.97. The summed E-state index contributed by atoms with van der Waals surface area (Å²) in [4.78, 5) is 15.3. The first kappa shape index (κ1) is 15.2. The number of carboxylic acids is 1. The van der Waals surface area contributed by atoms with Gasteiger partial charge >= 0.3 is 5.97 Å². The maximum Gasteiger partial charge on any atom is 0.313 e. The Morgan fingerprint density at radius 2 is 2.30 bits per heavy atom. The van der Waals surface area contributed by atoms with Gasteiger partial charge in [0.1, 0.15) is 0 Å². The third-order valence-electron chi connectivity index (χ3n) is 3.20. The smallest absolute Gasteiger partial charge is 0.313 e. The normalized spacial score (nSPS) is 12.8. The van der Waals surface area contributed by atoms with Gasteiger partial charge < -0.3 is 9.67 Å². The van der Waals surface area contributed by atoms with E-state index >= 15 is 0 Å². The van der Waals surface area contributed by atoms with Crippen molar-refractivity contribution in [3.63, 3.8) is 0 Å². The van der Waals surface area contributed by atoms with Crippen molar-refractivity contribution >= 4 is 40.4 Å². The summed E-state index contributed by atoms with van der Waals surface area (Å²) in [5.74, 6) is -0.363. The number of carboxylic acid groups (broad SMARTS) is 1. The van der Waals surface area contributed by atoms with Crippen LogP contribution >= 0.6 is 23.4 Å². The number of thioether (sulfide) groups is 1. The Morgan fingerprint density at radius 3 is 2.95 bits per heavy atom. The van der Waals surface area contributed by atoms with Gasteiger partial charge in [-0.05, 0) is 18.1 Å². The molecule has 1 aromatic heterocycles. The molecule has 0 spiro atoms. The number of hydrogen-bond acceptors (Lipinski definition) is 3. The fraction of sp³-hybridized carbons (Fsp3) is 0.429. The molecule has 2 aromatic rings. The van der Waals surface area contributed by atoms with Crippen molar-refractivity contribution in [3.8, 4) is 0 Å². The van der Waals surface area contributed by atoms with Crippen LogP contribution in [0.25, 0.3) is 11.0 Å². The van der Waals surface area contributed by atoms with Gasteiger partial charge in [-0.1, -0.05) is 49.7 Å². The number of nitrogens with zero attached hydrogens (tertiary/aromatic N) is 2. The highest BCUT2D eigenvalue weighted by atomic mass is 35.5. The van der Waals surface area contributed by atoms with E-state index in [0.717, 1.165) is 29.2 Å². The van der Waals surface area contributed by atoms with Gasteiger partial charge in [-0.15, -0.1) is 0 Å². The molecule has 2 rings (SSSR count). The molecular formula is C14H17ClN2O2S. The molecule has 0 saturated carbocycles. The van der Waals surface area contributed by atoms with E-state index in [-0.39, 0.29) is 5.75 Å². The predicted molar refractivity (Wildman–Crippen MR) is 82.6 cm³/mol. The van der Waals surface area contributed by atoms with Gasteiger partial charge in [-0.2, -0.15) is 0 Å². The minimum Gasteiger partial charge on any atom is -0.481 e. The first-order valence-electron chi connectivity index (χ1n) is 6.52. The Bertz CT molecular complexity index is 627. The van der Waals surface area contributed by atoms with Crippen LogP contribution in [0.1, 0.15) is 20.3 Å². The molecule has 1 aromatic carbocycles. The van der Waals surface area contributed by atoms with Crippen LogP contribution in [0.15, 0.2) is 23.4 Å². The number of halogens is 1. The third kappa shape index (κ3) is 3.27. The number of benzene rings is 1. The van der Waals surface area contributed by atoms with Gasteiger partial charge in [0.05, 0.1) is 21.8 Å². The number of rotatable bonds is 6. The van der Waals surface area contributed by atoms with Crippen molar-refractivity contribution in [1.82, 2.24) is 9.55 Å². The first-order chi connectivity index (χ1) is 9.52. The molecule has 0 aliphatic rings. The molecule has 0 aliphatic heterocycles. The van der Waals surface area contributed by atoms with Crippen LogP contribution in [0.5, 0.6) is 0 Å². The molecule has 1 atom stereocenters. The van der Waals surface area contributed by atoms with Crippen molar-refractivity contribution in [2.75, 3.05) is 5.75 Å². The van der Waals surface area contributed by atoms with Gasteiger partial charge in [-0.3, -0.25) is 4.79 Å². The molecular weight excluding hydrogens is 296 g/mol. The molecule has 1 N–H and O–H groups in total. The van der Waals surface area contributed by atoms with E-state index in [1.807, 2.05) is 22.8 Å². The maximum absolute atomic E-state index is 10.8. The number of aliphatic carboxylic acids is 1. The molecule has 6 heteroatoms. The fourth-order valence-corrected chi connectivity index (χ4v) is 2.98. The second-order valence-electron chi connectivity index (χ2n) is 4.81. The summed E-state index contributed by atoms with van der Waals surface area (Å²) in [5.41, 5.74) is 1.70. The molecule has 1 unspecified atom stereocenters. The summed E-state index contributed by atoms with van der Waals surface area (Å²) in [6, 6.07) is 5.60. The largest absolute Gasteiger partial charge is 0.481 e. The van der Waals surface area contributed by atoms with E-state index in [4.69, 9.17) is 16.7 Å². The molecule has 4 nitrogen and oxygen atoms in total. The minimum absolute atomic E-state index is 0.00144. The Balaban J connectivity index is 2.46. The molecule has 0 bridgehead atoms. The molecule has 108 valence electrons. The Labute approximate surface area is 127 Å². The highest BCUT2D eigenvalue weighted by molar-refractivity contribution is 7.99. The third-order valence-corrected chi connectivity index (χ3v) is 4.46. The standard InChI is InChI=1S/C14H17ClN2O2S/c1-3-9(2)7-17-13-10(15)5-4-6-11(13)16-14(17)20-8-12(18)19/h4-6,9H,3,7-8H2,1-2H3,(H,18,19). The van der Waals surface area contributed by atoms with Crippen molar-refractivity contribution in [2.24, 2.45) is 5.92 Å². The molecule has 0 amide bonds. The quantitative estimate of drug-likeness (QED) is 0.822. The zero-order chi connectivity index (χ0) is 14.7. The van der Waals surface area contributed by atoms with Crippen LogP contribution in [0.2, 0.25) is 5.02 Å². The second-order valence-corrected chi connectivity index (χ2v) is 6.16. The van der Waals surface area contributed by atoms with Gasteiger partial charge in [-0.25, -0.2) is 4.98 Å². The predicted octanol–water partition coefficient (Wildman–Crippen LogP) is 3.91. The van der Waals surface area contributed by atoms with Crippen molar-refractivity contribution in [3.05, 3.63) is 23.2 Å². The molecule has 20 heavy (non-hydrogen) atoms. The Morgan fingerprint density at radius 1 is 1.55 bits per heavy atom. The van der Waals surface area contributed by atoms with Crippen LogP contribution in [0.3, 0.4) is 0 Å². The van der Waals surface area contributed by atoms with Crippen LogP contribution < -0.4 is 0 Å². The van der Waals surface area contributed by atoms with Gasteiger partial charge in [0.15, 0.2) is 5.16 Å². The summed E-state index contributed by atoms with van der Waals surface area (Å²) in [6.45, 7) is 5.09. The minimum atomic E-state index is -0.844. The number of fused-ring (bicyclic) bond motifs is 1. The lowest BCUT2D eigenvalue weighted by atomic mass is 10.1. The second kappa shape index (κ2) is 6.50. The van der Waals surface area contributed by atoms with Crippen LogP contribution in [-0.2, 0) is 11.3 Å². The summed E-state index contributed by atoms with van der Waals surface area (Å²) >= 11 is 7.51. The average Bonchev–Trinajstić information content (AvgIpc) is 2.75. The van der Waals surface area contributed by atoms with Crippen molar-refractivity contribution in [1.29, 1.82) is 0 Å². The number of carbonyl (C=O) groups is 1. The maximum atomic E-state index is 10.8. The number of aromatic nitrogens is 2. The van der Waals surface area contributed by atoms with Gasteiger partial charge in [0, 0.05) is 6.54 Å². The number of para-hydroxylation sites is 1. The lowest BCUT2D eigenvalue weighted by Crippen LogP contribution is -2.09. The highest BCUT2D eigenvalue weighted by Gasteiger charge is 2.16. The van der Waals surface area contributed by atoms with E-state index in [1.165, 1.54) is 11.8 Å². The van der Waals surface area contributed by atoms with E-state index in [1.54, 1.807) is 0 Å². The molecule has 1 heterocycles. The zero-order valence-corrected chi connectivity index (χ0v) is 13.0.